The Bertz CT molecular complexity index is 1810. The number of hydrogen-bond donors (Lipinski definition) is 2. The number of hydrogen-bond acceptors (Lipinski definition) is 10. The van der Waals surface area contributed by atoms with Crippen molar-refractivity contribution in [1.82, 2.24) is 24.5 Å². The number of rotatable bonds is 15. The van der Waals surface area contributed by atoms with Gasteiger partial charge in [0, 0.05) is 37.1 Å². The second-order valence-electron chi connectivity index (χ2n) is 11.7. The van der Waals surface area contributed by atoms with Crippen LogP contribution >= 0.6 is 0 Å². The van der Waals surface area contributed by atoms with E-state index in [1.165, 1.54) is 4.68 Å². The zero-order valence-corrected chi connectivity index (χ0v) is 27.4. The molecule has 1 aliphatic heterocycles. The van der Waals surface area contributed by atoms with Crippen LogP contribution in [0.15, 0.2) is 102 Å². The third-order valence-electron chi connectivity index (χ3n) is 8.38. The first-order valence-corrected chi connectivity index (χ1v) is 16.2. The molecule has 1 aliphatic rings. The van der Waals surface area contributed by atoms with Crippen LogP contribution in [-0.2, 0) is 21.7 Å². The fourth-order valence-electron chi connectivity index (χ4n) is 5.61. The van der Waals surface area contributed by atoms with Gasteiger partial charge in [-0.05, 0) is 85.6 Å². The zero-order chi connectivity index (χ0) is 33.3. The largest absolute Gasteiger partial charge is 0.496 e. The summed E-state index contributed by atoms with van der Waals surface area (Å²) in [6, 6.07) is 25.3. The van der Waals surface area contributed by atoms with E-state index in [4.69, 9.17) is 18.9 Å². The van der Waals surface area contributed by atoms with Gasteiger partial charge in [0.2, 0.25) is 5.79 Å². The number of anilines is 2. The highest BCUT2D eigenvalue weighted by Crippen LogP contribution is 2.41. The molecule has 0 aliphatic carbocycles. The molecule has 12 nitrogen and oxygen atoms in total. The molecule has 1 saturated heterocycles. The predicted octanol–water partition coefficient (Wildman–Crippen LogP) is 5.22. The van der Waals surface area contributed by atoms with E-state index in [0.29, 0.717) is 38.5 Å². The van der Waals surface area contributed by atoms with Crippen LogP contribution in [0.4, 0.5) is 11.4 Å². The van der Waals surface area contributed by atoms with Gasteiger partial charge in [0.25, 0.3) is 0 Å². The molecule has 2 aromatic heterocycles. The molecule has 6 rings (SSSR count). The lowest BCUT2D eigenvalue weighted by Crippen LogP contribution is -2.32. The van der Waals surface area contributed by atoms with E-state index in [0.717, 1.165) is 40.4 Å². The van der Waals surface area contributed by atoms with E-state index in [1.54, 1.807) is 30.4 Å². The third-order valence-corrected chi connectivity index (χ3v) is 8.38. The maximum Gasteiger partial charge on any atom is 0.350 e. The molecule has 0 radical (unpaired) electrons. The Hall–Kier alpha value is -5.20. The third kappa shape index (κ3) is 7.50. The van der Waals surface area contributed by atoms with Gasteiger partial charge in [-0.3, -0.25) is 0 Å². The van der Waals surface area contributed by atoms with Crippen LogP contribution < -0.4 is 25.8 Å². The summed E-state index contributed by atoms with van der Waals surface area (Å²) in [6.45, 7) is 6.16. The Balaban J connectivity index is 0.975. The smallest absolute Gasteiger partial charge is 0.350 e. The van der Waals surface area contributed by atoms with Gasteiger partial charge in [-0.15, -0.1) is 0 Å². The number of ether oxygens (including phenoxy) is 4. The Kier molecular flexibility index (Phi) is 10.3. The van der Waals surface area contributed by atoms with Gasteiger partial charge in [-0.25, -0.2) is 14.0 Å². The van der Waals surface area contributed by atoms with Crippen LogP contribution in [0.3, 0.4) is 0 Å². The average Bonchev–Trinajstić information content (AvgIpc) is 3.73. The standard InChI is InChI=1S/C36H41N7O5/c1-4-26(2)43-35(44)42(25-41-43)30-13-9-28(10-14-30)37-19-20-38-29-11-15-31(16-12-29)46-23-32-24-47-36(48-32,21-27-17-18-39-40-22-27)33-7-5-6-8-34(33)45-3/h5-18,22,25-26,32,37-38H,4,19-21,23-24H2,1-3H3/t26?,32-,36+/m1/s1. The minimum Gasteiger partial charge on any atom is -0.496 e. The van der Waals surface area contributed by atoms with Gasteiger partial charge < -0.3 is 29.6 Å². The number of aromatic nitrogens is 5. The predicted molar refractivity (Wildman–Crippen MR) is 183 cm³/mol. The molecule has 0 bridgehead atoms. The fraction of sp³-hybridized carbons (Fsp3) is 0.333. The number of para-hydroxylation sites is 1. The van der Waals surface area contributed by atoms with Gasteiger partial charge in [0.1, 0.15) is 30.5 Å². The van der Waals surface area contributed by atoms with Crippen LogP contribution in [-0.4, -0.2) is 64.1 Å². The maximum atomic E-state index is 12.7. The first kappa shape index (κ1) is 32.7. The number of nitrogens with zero attached hydrogens (tertiary/aromatic N) is 5. The molecule has 1 unspecified atom stereocenters. The molecule has 3 atom stereocenters. The summed E-state index contributed by atoms with van der Waals surface area (Å²) < 4.78 is 27.8. The number of nitrogens with one attached hydrogen (secondary N) is 2. The van der Waals surface area contributed by atoms with Crippen LogP contribution in [0.1, 0.15) is 37.4 Å². The molecule has 3 heterocycles. The summed E-state index contributed by atoms with van der Waals surface area (Å²) in [5, 5.41) is 19.0. The molecule has 2 N–H and O–H groups in total. The first-order valence-electron chi connectivity index (χ1n) is 16.2. The van der Waals surface area contributed by atoms with Crippen molar-refractivity contribution in [2.75, 3.05) is 44.0 Å². The second kappa shape index (κ2) is 15.1. The van der Waals surface area contributed by atoms with Crippen LogP contribution in [0.5, 0.6) is 11.5 Å². The summed E-state index contributed by atoms with van der Waals surface area (Å²) in [4.78, 5) is 12.7. The van der Waals surface area contributed by atoms with Crippen LogP contribution in [0.25, 0.3) is 5.69 Å². The molecular formula is C36H41N7O5. The Labute approximate surface area is 279 Å². The van der Waals surface area contributed by atoms with Crippen molar-refractivity contribution in [1.29, 1.82) is 0 Å². The van der Waals surface area contributed by atoms with Crippen LogP contribution in [0, 0.1) is 0 Å². The quantitative estimate of drug-likeness (QED) is 0.146. The summed E-state index contributed by atoms with van der Waals surface area (Å²) in [6.07, 6.45) is 5.96. The molecule has 1 fully saturated rings. The maximum absolute atomic E-state index is 12.7. The van der Waals surface area contributed by atoms with Gasteiger partial charge in [0.05, 0.1) is 37.2 Å². The lowest BCUT2D eigenvalue weighted by molar-refractivity contribution is -0.179. The lowest BCUT2D eigenvalue weighted by atomic mass is 9.97. The monoisotopic (exact) mass is 651 g/mol. The van der Waals surface area contributed by atoms with Crippen molar-refractivity contribution in [3.63, 3.8) is 0 Å². The highest BCUT2D eigenvalue weighted by Gasteiger charge is 2.45. The highest BCUT2D eigenvalue weighted by atomic mass is 16.8. The van der Waals surface area contributed by atoms with Crippen LogP contribution in [0.2, 0.25) is 0 Å². The van der Waals surface area contributed by atoms with Gasteiger partial charge in [0.15, 0.2) is 0 Å². The molecule has 0 spiro atoms. The van der Waals surface area contributed by atoms with Crippen molar-refractivity contribution >= 4 is 11.4 Å². The first-order chi connectivity index (χ1) is 23.5. The highest BCUT2D eigenvalue weighted by molar-refractivity contribution is 5.50. The Morgan fingerprint density at radius 2 is 1.71 bits per heavy atom. The molecule has 48 heavy (non-hydrogen) atoms. The van der Waals surface area contributed by atoms with Gasteiger partial charge in [-0.2, -0.15) is 15.3 Å². The van der Waals surface area contributed by atoms with Gasteiger partial charge in [-0.1, -0.05) is 19.1 Å². The number of methoxy groups -OCH3 is 1. The molecule has 12 heteroatoms. The zero-order valence-electron chi connectivity index (χ0n) is 27.4. The normalized spacial score (nSPS) is 17.9. The minimum atomic E-state index is -1.04. The Morgan fingerprint density at radius 1 is 0.979 bits per heavy atom. The van der Waals surface area contributed by atoms with E-state index >= 15 is 0 Å². The molecule has 3 aromatic carbocycles. The minimum absolute atomic E-state index is 0.0613. The molecule has 250 valence electrons. The average molecular weight is 652 g/mol. The van der Waals surface area contributed by atoms with Crippen molar-refractivity contribution in [2.45, 2.75) is 44.6 Å². The summed E-state index contributed by atoms with van der Waals surface area (Å²) in [7, 11) is 1.64. The van der Waals surface area contributed by atoms with Crippen molar-refractivity contribution in [3.05, 3.63) is 119 Å². The van der Waals surface area contributed by atoms with Gasteiger partial charge >= 0.3 is 5.69 Å². The van der Waals surface area contributed by atoms with Crippen molar-refractivity contribution in [2.24, 2.45) is 0 Å². The summed E-state index contributed by atoms with van der Waals surface area (Å²) in [5.74, 6) is 0.394. The van der Waals surface area contributed by atoms with E-state index < -0.39 is 5.79 Å². The van der Waals surface area contributed by atoms with E-state index in [2.05, 4.69) is 25.9 Å². The molecule has 0 amide bonds. The number of benzene rings is 3. The molecular weight excluding hydrogens is 610 g/mol. The van der Waals surface area contributed by atoms with E-state index in [1.807, 2.05) is 92.7 Å². The van der Waals surface area contributed by atoms with Crippen molar-refractivity contribution in [3.8, 4) is 17.2 Å². The Morgan fingerprint density at radius 3 is 2.40 bits per heavy atom. The molecule has 0 saturated carbocycles. The second-order valence-corrected chi connectivity index (χ2v) is 11.7. The van der Waals surface area contributed by atoms with E-state index in [9.17, 15) is 4.79 Å². The fourth-order valence-corrected chi connectivity index (χ4v) is 5.61. The SMILES string of the molecule is CCC(C)n1ncn(-c2ccc(NCCNc3ccc(OC[C@@H]4CO[C@](Cc5ccnnc5)(c5ccccc5OC)O4)cc3)cc2)c1=O. The topological polar surface area (TPSA) is 127 Å². The summed E-state index contributed by atoms with van der Waals surface area (Å²) >= 11 is 0. The summed E-state index contributed by atoms with van der Waals surface area (Å²) in [5.41, 5.74) is 4.36. The van der Waals surface area contributed by atoms with Crippen molar-refractivity contribution < 1.29 is 18.9 Å². The van der Waals surface area contributed by atoms with E-state index in [-0.39, 0.29) is 17.8 Å². The molecule has 5 aromatic rings. The lowest BCUT2D eigenvalue weighted by Gasteiger charge is -2.30.